The smallest absolute Gasteiger partial charge is 0.308 e. The highest BCUT2D eigenvalue weighted by molar-refractivity contribution is 9.10. The molecule has 2 rings (SSSR count). The second-order valence-electron chi connectivity index (χ2n) is 4.04. The molecule has 1 aliphatic rings. The number of piperidine rings is 1. The molecule has 92 valence electrons. The zero-order chi connectivity index (χ0) is 12.4. The third kappa shape index (κ3) is 2.52. The summed E-state index contributed by atoms with van der Waals surface area (Å²) >= 11 is 3.15. The van der Waals surface area contributed by atoms with E-state index in [1.807, 2.05) is 0 Å². The van der Waals surface area contributed by atoms with Crippen LogP contribution in [-0.4, -0.2) is 35.0 Å². The number of likely N-dealkylation sites (tertiary alicyclic amines) is 1. The molecule has 0 saturated carbocycles. The van der Waals surface area contributed by atoms with Crippen LogP contribution in [0.2, 0.25) is 0 Å². The van der Waals surface area contributed by atoms with E-state index < -0.39 is 11.9 Å². The molecule has 1 aromatic rings. The van der Waals surface area contributed by atoms with Crippen molar-refractivity contribution in [1.82, 2.24) is 4.90 Å². The Balaban J connectivity index is 2.10. The van der Waals surface area contributed by atoms with Gasteiger partial charge in [-0.05, 0) is 34.8 Å². The van der Waals surface area contributed by atoms with E-state index in [4.69, 9.17) is 9.52 Å². The summed E-state index contributed by atoms with van der Waals surface area (Å²) in [5, 5.41) is 8.96. The van der Waals surface area contributed by atoms with E-state index in [0.717, 1.165) is 6.42 Å². The van der Waals surface area contributed by atoms with E-state index in [1.165, 1.54) is 6.26 Å². The van der Waals surface area contributed by atoms with Crippen LogP contribution in [0.4, 0.5) is 0 Å². The third-order valence-corrected chi connectivity index (χ3v) is 3.52. The Morgan fingerprint density at radius 2 is 2.29 bits per heavy atom. The molecule has 0 aliphatic carbocycles. The molecule has 6 heteroatoms. The highest BCUT2D eigenvalue weighted by Crippen LogP contribution is 2.23. The first kappa shape index (κ1) is 12.2. The van der Waals surface area contributed by atoms with Crippen molar-refractivity contribution >= 4 is 27.8 Å². The van der Waals surface area contributed by atoms with Crippen LogP contribution in [0.15, 0.2) is 21.4 Å². The first-order valence-corrected chi connectivity index (χ1v) is 6.14. The lowest BCUT2D eigenvalue weighted by molar-refractivity contribution is -0.143. The molecule has 0 aromatic carbocycles. The van der Waals surface area contributed by atoms with Crippen LogP contribution in [0.5, 0.6) is 0 Å². The summed E-state index contributed by atoms with van der Waals surface area (Å²) in [5.74, 6) is -1.48. The van der Waals surface area contributed by atoms with Gasteiger partial charge < -0.3 is 14.4 Å². The Labute approximate surface area is 107 Å². The number of hydrogen-bond acceptors (Lipinski definition) is 3. The highest BCUT2D eigenvalue weighted by atomic mass is 79.9. The Kier molecular flexibility index (Phi) is 3.51. The summed E-state index contributed by atoms with van der Waals surface area (Å²) in [6, 6.07) is 1.58. The Morgan fingerprint density at radius 1 is 1.53 bits per heavy atom. The zero-order valence-corrected chi connectivity index (χ0v) is 10.6. The van der Waals surface area contributed by atoms with Crippen LogP contribution >= 0.6 is 15.9 Å². The maximum atomic E-state index is 12.1. The van der Waals surface area contributed by atoms with Gasteiger partial charge in [0.2, 0.25) is 0 Å². The van der Waals surface area contributed by atoms with Crippen molar-refractivity contribution in [2.75, 3.05) is 13.1 Å². The molecule has 1 N–H and O–H groups in total. The summed E-state index contributed by atoms with van der Waals surface area (Å²) < 4.78 is 5.39. The minimum Gasteiger partial charge on any atom is -0.481 e. The lowest BCUT2D eigenvalue weighted by Crippen LogP contribution is -2.42. The molecule has 1 amide bonds. The van der Waals surface area contributed by atoms with Gasteiger partial charge in [-0.1, -0.05) is 0 Å². The molecule has 0 radical (unpaired) electrons. The van der Waals surface area contributed by atoms with Crippen LogP contribution in [0.3, 0.4) is 0 Å². The monoisotopic (exact) mass is 301 g/mol. The van der Waals surface area contributed by atoms with E-state index in [0.29, 0.717) is 23.2 Å². The lowest BCUT2D eigenvalue weighted by atomic mass is 9.98. The minimum absolute atomic E-state index is 0.184. The van der Waals surface area contributed by atoms with Crippen molar-refractivity contribution in [1.29, 1.82) is 0 Å². The molecule has 1 saturated heterocycles. The summed E-state index contributed by atoms with van der Waals surface area (Å²) in [4.78, 5) is 24.6. The van der Waals surface area contributed by atoms with E-state index in [1.54, 1.807) is 11.0 Å². The fourth-order valence-corrected chi connectivity index (χ4v) is 2.39. The molecule has 17 heavy (non-hydrogen) atoms. The number of furan rings is 1. The van der Waals surface area contributed by atoms with E-state index in [2.05, 4.69) is 15.9 Å². The van der Waals surface area contributed by atoms with Gasteiger partial charge >= 0.3 is 5.97 Å². The summed E-state index contributed by atoms with van der Waals surface area (Å²) in [5.41, 5.74) is 0.441. The molecule has 0 bridgehead atoms. The third-order valence-electron chi connectivity index (χ3n) is 2.91. The van der Waals surface area contributed by atoms with Crippen LogP contribution < -0.4 is 0 Å². The molecular formula is C11H12BrNO4. The van der Waals surface area contributed by atoms with Crippen molar-refractivity contribution in [3.63, 3.8) is 0 Å². The van der Waals surface area contributed by atoms with Crippen LogP contribution in [-0.2, 0) is 4.79 Å². The van der Waals surface area contributed by atoms with Gasteiger partial charge in [-0.25, -0.2) is 0 Å². The zero-order valence-electron chi connectivity index (χ0n) is 9.06. The van der Waals surface area contributed by atoms with Crippen LogP contribution in [0.1, 0.15) is 23.2 Å². The molecule has 5 nitrogen and oxygen atoms in total. The molecule has 1 atom stereocenters. The van der Waals surface area contributed by atoms with Crippen molar-refractivity contribution in [3.8, 4) is 0 Å². The quantitative estimate of drug-likeness (QED) is 0.907. The number of carbonyl (C=O) groups is 2. The molecule has 1 unspecified atom stereocenters. The van der Waals surface area contributed by atoms with Gasteiger partial charge in [0.15, 0.2) is 4.67 Å². The normalized spacial score (nSPS) is 20.3. The van der Waals surface area contributed by atoms with E-state index >= 15 is 0 Å². The first-order valence-electron chi connectivity index (χ1n) is 5.34. The van der Waals surface area contributed by atoms with Gasteiger partial charge in [-0.3, -0.25) is 9.59 Å². The Hall–Kier alpha value is -1.30. The molecular weight excluding hydrogens is 290 g/mol. The predicted molar refractivity (Wildman–Crippen MR) is 62.7 cm³/mol. The number of carboxylic acids is 1. The Bertz CT molecular complexity index is 442. The standard InChI is InChI=1S/C11H12BrNO4/c12-9-8(3-5-17-9)10(14)13-4-1-2-7(6-13)11(15)16/h3,5,7H,1-2,4,6H2,(H,15,16). The number of rotatable bonds is 2. The van der Waals surface area contributed by atoms with Gasteiger partial charge in [0.05, 0.1) is 17.7 Å². The number of carboxylic acid groups (broad SMARTS) is 1. The minimum atomic E-state index is -0.839. The number of aliphatic carboxylic acids is 1. The fraction of sp³-hybridized carbons (Fsp3) is 0.455. The second kappa shape index (κ2) is 4.91. The van der Waals surface area contributed by atoms with Gasteiger partial charge in [0.25, 0.3) is 5.91 Å². The molecule has 0 spiro atoms. The predicted octanol–water partition coefficient (Wildman–Crippen LogP) is 1.98. The fourth-order valence-electron chi connectivity index (χ4n) is 1.98. The largest absolute Gasteiger partial charge is 0.481 e. The number of carbonyl (C=O) groups excluding carboxylic acids is 1. The summed E-state index contributed by atoms with van der Waals surface area (Å²) in [7, 11) is 0. The molecule has 1 fully saturated rings. The highest BCUT2D eigenvalue weighted by Gasteiger charge is 2.29. The van der Waals surface area contributed by atoms with Crippen molar-refractivity contribution in [3.05, 3.63) is 22.6 Å². The topological polar surface area (TPSA) is 70.8 Å². The number of nitrogens with zero attached hydrogens (tertiary/aromatic N) is 1. The number of hydrogen-bond donors (Lipinski definition) is 1. The number of amides is 1. The number of halogens is 1. The summed E-state index contributed by atoms with van der Waals surface area (Å²) in [6.45, 7) is 0.867. The molecule has 2 heterocycles. The van der Waals surface area contributed by atoms with Crippen LogP contribution in [0.25, 0.3) is 0 Å². The maximum absolute atomic E-state index is 12.1. The Morgan fingerprint density at radius 3 is 2.88 bits per heavy atom. The van der Waals surface area contributed by atoms with Gasteiger partial charge in [0.1, 0.15) is 0 Å². The maximum Gasteiger partial charge on any atom is 0.308 e. The first-order chi connectivity index (χ1) is 8.09. The lowest BCUT2D eigenvalue weighted by Gasteiger charge is -2.30. The summed E-state index contributed by atoms with van der Waals surface area (Å²) in [6.07, 6.45) is 2.78. The average Bonchev–Trinajstić information content (AvgIpc) is 2.74. The van der Waals surface area contributed by atoms with Gasteiger partial charge in [-0.15, -0.1) is 0 Å². The second-order valence-corrected chi connectivity index (χ2v) is 4.76. The molecule has 1 aliphatic heterocycles. The van der Waals surface area contributed by atoms with Gasteiger partial charge in [-0.2, -0.15) is 0 Å². The SMILES string of the molecule is O=C(O)C1CCCN(C(=O)c2ccoc2Br)C1. The van der Waals surface area contributed by atoms with Crippen molar-refractivity contribution in [2.24, 2.45) is 5.92 Å². The van der Waals surface area contributed by atoms with E-state index in [-0.39, 0.29) is 12.5 Å². The van der Waals surface area contributed by atoms with Crippen molar-refractivity contribution in [2.45, 2.75) is 12.8 Å². The van der Waals surface area contributed by atoms with E-state index in [9.17, 15) is 9.59 Å². The molecule has 1 aromatic heterocycles. The van der Waals surface area contributed by atoms with Gasteiger partial charge in [0, 0.05) is 13.1 Å². The average molecular weight is 302 g/mol. The van der Waals surface area contributed by atoms with Crippen LogP contribution in [0, 0.1) is 5.92 Å². The van der Waals surface area contributed by atoms with Crippen molar-refractivity contribution < 1.29 is 19.1 Å².